The van der Waals surface area contributed by atoms with E-state index in [2.05, 4.69) is 33.3 Å². The third-order valence-corrected chi connectivity index (χ3v) is 5.26. The summed E-state index contributed by atoms with van der Waals surface area (Å²) in [5.74, 6) is -0.681. The van der Waals surface area contributed by atoms with Crippen LogP contribution in [0.3, 0.4) is 0 Å². The first-order valence-corrected chi connectivity index (χ1v) is 9.86. The molecule has 0 bridgehead atoms. The molecule has 0 radical (unpaired) electrons. The standard InChI is InChI=1S/C24H20ClN3O2/c1-16-21(14-26-27-24(30)20-13-18(25)11-12-23(20)29)19-9-5-6-10-22(19)28(16)15-17-7-3-2-4-8-17/h2-14,29H,15H2,1H3,(H,27,30)/b26-14-. The van der Waals surface area contributed by atoms with Gasteiger partial charge in [0.15, 0.2) is 0 Å². The highest BCUT2D eigenvalue weighted by Crippen LogP contribution is 2.26. The number of para-hydroxylation sites is 1. The highest BCUT2D eigenvalue weighted by Gasteiger charge is 2.14. The lowest BCUT2D eigenvalue weighted by atomic mass is 10.1. The molecule has 0 saturated heterocycles. The number of aromatic nitrogens is 1. The molecule has 0 unspecified atom stereocenters. The van der Waals surface area contributed by atoms with Crippen molar-refractivity contribution in [3.05, 3.63) is 100 Å². The fraction of sp³-hybridized carbons (Fsp3) is 0.0833. The van der Waals surface area contributed by atoms with Crippen LogP contribution in [0.1, 0.15) is 27.2 Å². The number of fused-ring (bicyclic) bond motifs is 1. The Bertz CT molecular complexity index is 1250. The topological polar surface area (TPSA) is 66.6 Å². The average molecular weight is 418 g/mol. The van der Waals surface area contributed by atoms with Gasteiger partial charge >= 0.3 is 0 Å². The van der Waals surface area contributed by atoms with E-state index in [1.54, 1.807) is 6.21 Å². The Kier molecular flexibility index (Phi) is 5.55. The number of phenolic OH excluding ortho intramolecular Hbond substituents is 1. The van der Waals surface area contributed by atoms with E-state index in [9.17, 15) is 9.90 Å². The number of carbonyl (C=O) groups is 1. The van der Waals surface area contributed by atoms with E-state index >= 15 is 0 Å². The van der Waals surface area contributed by atoms with Gasteiger partial charge in [0, 0.05) is 33.7 Å². The summed E-state index contributed by atoms with van der Waals surface area (Å²) in [6.07, 6.45) is 1.64. The zero-order valence-corrected chi connectivity index (χ0v) is 17.1. The molecule has 2 N–H and O–H groups in total. The van der Waals surface area contributed by atoms with Crippen molar-refractivity contribution in [3.8, 4) is 5.75 Å². The van der Waals surface area contributed by atoms with Gasteiger partial charge < -0.3 is 9.67 Å². The minimum atomic E-state index is -0.531. The molecule has 1 heterocycles. The first-order chi connectivity index (χ1) is 14.5. The number of carbonyl (C=O) groups excluding carboxylic acids is 1. The van der Waals surface area contributed by atoms with Gasteiger partial charge in [0.25, 0.3) is 5.91 Å². The van der Waals surface area contributed by atoms with Gasteiger partial charge in [-0.3, -0.25) is 4.79 Å². The van der Waals surface area contributed by atoms with Gasteiger partial charge in [-0.1, -0.05) is 60.1 Å². The van der Waals surface area contributed by atoms with Gasteiger partial charge in [0.1, 0.15) is 5.75 Å². The predicted octanol–water partition coefficient (Wildman–Crippen LogP) is 5.12. The normalized spacial score (nSPS) is 11.3. The van der Waals surface area contributed by atoms with Crippen LogP contribution in [0.4, 0.5) is 0 Å². The van der Waals surface area contributed by atoms with Crippen molar-refractivity contribution in [1.29, 1.82) is 0 Å². The van der Waals surface area contributed by atoms with E-state index < -0.39 is 5.91 Å². The van der Waals surface area contributed by atoms with Crippen molar-refractivity contribution in [3.63, 3.8) is 0 Å². The third kappa shape index (κ3) is 3.93. The first-order valence-electron chi connectivity index (χ1n) is 9.48. The fourth-order valence-electron chi connectivity index (χ4n) is 3.50. The quantitative estimate of drug-likeness (QED) is 0.349. The molecule has 0 aliphatic carbocycles. The third-order valence-electron chi connectivity index (χ3n) is 5.03. The summed E-state index contributed by atoms with van der Waals surface area (Å²) in [7, 11) is 0. The Morgan fingerprint density at radius 3 is 2.63 bits per heavy atom. The summed E-state index contributed by atoms with van der Waals surface area (Å²) in [6.45, 7) is 2.78. The zero-order valence-electron chi connectivity index (χ0n) is 16.3. The van der Waals surface area contributed by atoms with Crippen molar-refractivity contribution >= 4 is 34.6 Å². The molecule has 0 aliphatic heterocycles. The Morgan fingerprint density at radius 1 is 1.10 bits per heavy atom. The number of amides is 1. The lowest BCUT2D eigenvalue weighted by Gasteiger charge is -2.08. The van der Waals surface area contributed by atoms with Crippen LogP contribution < -0.4 is 5.43 Å². The van der Waals surface area contributed by atoms with E-state index in [4.69, 9.17) is 11.6 Å². The Labute approximate surface area is 179 Å². The maximum absolute atomic E-state index is 12.4. The van der Waals surface area contributed by atoms with Crippen LogP contribution in [-0.4, -0.2) is 21.8 Å². The van der Waals surface area contributed by atoms with Gasteiger partial charge in [-0.25, -0.2) is 5.43 Å². The van der Waals surface area contributed by atoms with E-state index in [0.717, 1.165) is 28.7 Å². The highest BCUT2D eigenvalue weighted by atomic mass is 35.5. The number of phenols is 1. The van der Waals surface area contributed by atoms with Crippen molar-refractivity contribution < 1.29 is 9.90 Å². The summed E-state index contributed by atoms with van der Waals surface area (Å²) in [5.41, 5.74) is 6.81. The van der Waals surface area contributed by atoms with E-state index in [0.29, 0.717) is 5.02 Å². The van der Waals surface area contributed by atoms with Crippen molar-refractivity contribution in [2.75, 3.05) is 0 Å². The van der Waals surface area contributed by atoms with E-state index in [-0.39, 0.29) is 11.3 Å². The molecule has 5 nitrogen and oxygen atoms in total. The average Bonchev–Trinajstić information content (AvgIpc) is 3.02. The van der Waals surface area contributed by atoms with Crippen LogP contribution in [0.25, 0.3) is 10.9 Å². The van der Waals surface area contributed by atoms with Crippen LogP contribution in [0, 0.1) is 6.92 Å². The van der Waals surface area contributed by atoms with Crippen molar-refractivity contribution in [1.82, 2.24) is 9.99 Å². The minimum absolute atomic E-state index is 0.0721. The summed E-state index contributed by atoms with van der Waals surface area (Å²) >= 11 is 5.91. The number of hydrazone groups is 1. The van der Waals surface area contributed by atoms with Crippen molar-refractivity contribution in [2.24, 2.45) is 5.10 Å². The number of nitrogens with one attached hydrogen (secondary N) is 1. The first kappa shape index (κ1) is 19.7. The number of rotatable bonds is 5. The van der Waals surface area contributed by atoms with Crippen LogP contribution >= 0.6 is 11.6 Å². The van der Waals surface area contributed by atoms with E-state index in [1.165, 1.54) is 23.8 Å². The second kappa shape index (κ2) is 8.43. The molecule has 0 fully saturated rings. The maximum Gasteiger partial charge on any atom is 0.275 e. The molecule has 0 spiro atoms. The Morgan fingerprint density at radius 2 is 1.83 bits per heavy atom. The fourth-order valence-corrected chi connectivity index (χ4v) is 3.67. The summed E-state index contributed by atoms with van der Waals surface area (Å²) in [6, 6.07) is 22.6. The molecule has 150 valence electrons. The molecule has 30 heavy (non-hydrogen) atoms. The molecular weight excluding hydrogens is 398 g/mol. The monoisotopic (exact) mass is 417 g/mol. The Hall–Kier alpha value is -3.57. The number of halogens is 1. The lowest BCUT2D eigenvalue weighted by Crippen LogP contribution is -2.17. The smallest absolute Gasteiger partial charge is 0.275 e. The molecule has 6 heteroatoms. The molecule has 3 aromatic carbocycles. The number of benzene rings is 3. The van der Waals surface area contributed by atoms with Gasteiger partial charge in [-0.15, -0.1) is 0 Å². The lowest BCUT2D eigenvalue weighted by molar-refractivity contribution is 0.0952. The van der Waals surface area contributed by atoms with Crippen molar-refractivity contribution in [2.45, 2.75) is 13.5 Å². The van der Waals surface area contributed by atoms with Gasteiger partial charge in [0.05, 0.1) is 11.8 Å². The van der Waals surface area contributed by atoms with E-state index in [1.807, 2.05) is 43.3 Å². The molecule has 4 rings (SSSR count). The van der Waals surface area contributed by atoms with Crippen LogP contribution in [0.2, 0.25) is 5.02 Å². The molecule has 1 aromatic heterocycles. The van der Waals surface area contributed by atoms with Crippen LogP contribution in [0.5, 0.6) is 5.75 Å². The number of nitrogens with zero attached hydrogens (tertiary/aromatic N) is 2. The Balaban J connectivity index is 1.63. The summed E-state index contributed by atoms with van der Waals surface area (Å²) < 4.78 is 2.23. The van der Waals surface area contributed by atoms with Gasteiger partial charge in [-0.2, -0.15) is 5.10 Å². The second-order valence-corrected chi connectivity index (χ2v) is 7.39. The maximum atomic E-state index is 12.4. The predicted molar refractivity (Wildman–Crippen MR) is 120 cm³/mol. The molecule has 0 atom stereocenters. The summed E-state index contributed by atoms with van der Waals surface area (Å²) in [5, 5.41) is 15.4. The molecular formula is C24H20ClN3O2. The second-order valence-electron chi connectivity index (χ2n) is 6.95. The van der Waals surface area contributed by atoms with Gasteiger partial charge in [-0.05, 0) is 36.8 Å². The minimum Gasteiger partial charge on any atom is -0.507 e. The molecule has 0 aliphatic rings. The zero-order chi connectivity index (χ0) is 21.1. The summed E-state index contributed by atoms with van der Waals surface area (Å²) in [4.78, 5) is 12.4. The van der Waals surface area contributed by atoms with Crippen LogP contribution in [-0.2, 0) is 6.54 Å². The van der Waals surface area contributed by atoms with Gasteiger partial charge in [0.2, 0.25) is 0 Å². The molecule has 1 amide bonds. The molecule has 0 saturated carbocycles. The highest BCUT2D eigenvalue weighted by molar-refractivity contribution is 6.31. The number of hydrogen-bond donors (Lipinski definition) is 2. The van der Waals surface area contributed by atoms with Crippen LogP contribution in [0.15, 0.2) is 77.9 Å². The number of aromatic hydroxyl groups is 1. The molecule has 4 aromatic rings. The largest absolute Gasteiger partial charge is 0.507 e. The SMILES string of the molecule is Cc1c(/C=N\NC(=O)c2cc(Cl)ccc2O)c2ccccc2n1Cc1ccccc1. The number of hydrogen-bond acceptors (Lipinski definition) is 3.